The number of ether oxygens (including phenoxy) is 3. The molecule has 8 nitrogen and oxygen atoms in total. The molecule has 4 rings (SSSR count). The Bertz CT molecular complexity index is 1230. The third-order valence-electron chi connectivity index (χ3n) is 5.87. The van der Waals surface area contributed by atoms with E-state index >= 15 is 0 Å². The Kier molecular flexibility index (Phi) is 7.67. The number of pyridine rings is 1. The van der Waals surface area contributed by atoms with Crippen LogP contribution in [0.4, 0.5) is 4.79 Å². The zero-order valence-electron chi connectivity index (χ0n) is 19.7. The lowest BCUT2D eigenvalue weighted by Crippen LogP contribution is -2.42. The smallest absolute Gasteiger partial charge is 0.415 e. The summed E-state index contributed by atoms with van der Waals surface area (Å²) in [4.78, 5) is 18.9. The van der Waals surface area contributed by atoms with E-state index in [2.05, 4.69) is 4.98 Å². The Morgan fingerprint density at radius 1 is 0.943 bits per heavy atom. The van der Waals surface area contributed by atoms with Crippen LogP contribution in [0.25, 0.3) is 11.1 Å². The summed E-state index contributed by atoms with van der Waals surface area (Å²) >= 11 is 0. The average molecular weight is 497 g/mol. The van der Waals surface area contributed by atoms with Crippen LogP contribution in [0, 0.1) is 0 Å². The molecule has 9 heteroatoms. The SMILES string of the molecule is COc1ccc(OC(=O)N2CCC(OCc3ccc(-c4ccc(S(C)(=O)=O)cc4)cn3)CC2)cc1. The Balaban J connectivity index is 1.23. The molecule has 0 saturated carbocycles. The lowest BCUT2D eigenvalue weighted by molar-refractivity contribution is -0.000202. The third kappa shape index (κ3) is 6.58. The summed E-state index contributed by atoms with van der Waals surface area (Å²) in [6.45, 7) is 1.51. The first kappa shape index (κ1) is 24.7. The van der Waals surface area contributed by atoms with Gasteiger partial charge in [-0.15, -0.1) is 0 Å². The van der Waals surface area contributed by atoms with E-state index in [9.17, 15) is 13.2 Å². The summed E-state index contributed by atoms with van der Waals surface area (Å²) in [6.07, 6.45) is 4.08. The fourth-order valence-electron chi connectivity index (χ4n) is 3.79. The largest absolute Gasteiger partial charge is 0.497 e. The van der Waals surface area contributed by atoms with Crippen LogP contribution in [0.5, 0.6) is 11.5 Å². The molecule has 0 radical (unpaired) electrons. The quantitative estimate of drug-likeness (QED) is 0.480. The number of carbonyl (C=O) groups is 1. The number of aromatic nitrogens is 1. The second-order valence-corrected chi connectivity index (χ2v) is 10.4. The van der Waals surface area contributed by atoms with Crippen molar-refractivity contribution in [3.63, 3.8) is 0 Å². The number of rotatable bonds is 7. The van der Waals surface area contributed by atoms with Crippen LogP contribution in [0.3, 0.4) is 0 Å². The summed E-state index contributed by atoms with van der Waals surface area (Å²) < 4.78 is 39.8. The number of sulfone groups is 1. The van der Waals surface area contributed by atoms with Crippen LogP contribution in [-0.2, 0) is 21.2 Å². The molecule has 3 aromatic rings. The lowest BCUT2D eigenvalue weighted by Gasteiger charge is -2.31. The number of methoxy groups -OCH3 is 1. The number of nitrogens with zero attached hydrogens (tertiary/aromatic N) is 2. The maximum atomic E-state index is 12.4. The minimum absolute atomic E-state index is 0.0463. The van der Waals surface area contributed by atoms with Crippen LogP contribution in [0.1, 0.15) is 18.5 Å². The highest BCUT2D eigenvalue weighted by molar-refractivity contribution is 7.90. The van der Waals surface area contributed by atoms with Crippen molar-refractivity contribution in [3.05, 3.63) is 72.6 Å². The van der Waals surface area contributed by atoms with E-state index in [-0.39, 0.29) is 12.2 Å². The first-order valence-corrected chi connectivity index (χ1v) is 13.2. The van der Waals surface area contributed by atoms with Gasteiger partial charge in [-0.1, -0.05) is 18.2 Å². The molecule has 0 N–H and O–H groups in total. The van der Waals surface area contributed by atoms with Crippen molar-refractivity contribution in [1.29, 1.82) is 0 Å². The molecule has 1 saturated heterocycles. The van der Waals surface area contributed by atoms with E-state index in [4.69, 9.17) is 14.2 Å². The van der Waals surface area contributed by atoms with Crippen molar-refractivity contribution in [1.82, 2.24) is 9.88 Å². The molecule has 2 aromatic carbocycles. The molecule has 0 aliphatic carbocycles. The molecule has 1 amide bonds. The first-order valence-electron chi connectivity index (χ1n) is 11.3. The Morgan fingerprint density at radius 3 is 2.14 bits per heavy atom. The molecule has 0 bridgehead atoms. The molecular formula is C26H28N2O6S. The van der Waals surface area contributed by atoms with Gasteiger partial charge >= 0.3 is 6.09 Å². The molecule has 184 valence electrons. The fraction of sp³-hybridized carbons (Fsp3) is 0.308. The summed E-state index contributed by atoms with van der Waals surface area (Å²) in [5, 5.41) is 0. The zero-order valence-corrected chi connectivity index (χ0v) is 20.5. The predicted octanol–water partition coefficient (Wildman–Crippen LogP) is 4.34. The highest BCUT2D eigenvalue weighted by atomic mass is 32.2. The highest BCUT2D eigenvalue weighted by Crippen LogP contribution is 2.23. The molecular weight excluding hydrogens is 468 g/mol. The van der Waals surface area contributed by atoms with Gasteiger partial charge in [0.2, 0.25) is 0 Å². The summed E-state index contributed by atoms with van der Waals surface area (Å²) in [5.41, 5.74) is 2.60. The van der Waals surface area contributed by atoms with E-state index in [0.717, 1.165) is 29.7 Å². The summed E-state index contributed by atoms with van der Waals surface area (Å²) in [7, 11) is -1.63. The second kappa shape index (κ2) is 10.9. The Morgan fingerprint density at radius 2 is 1.57 bits per heavy atom. The van der Waals surface area contributed by atoms with Gasteiger partial charge in [-0.3, -0.25) is 4.98 Å². The zero-order chi connectivity index (χ0) is 24.8. The number of carbonyl (C=O) groups excluding carboxylic acids is 1. The maximum absolute atomic E-state index is 12.4. The standard InChI is InChI=1S/C26H28N2O6S/c1-32-22-7-9-24(10-8-22)34-26(29)28-15-13-23(14-16-28)33-18-21-6-3-20(17-27-21)19-4-11-25(12-5-19)35(2,30)31/h3-12,17,23H,13-16,18H2,1-2H3. The fourth-order valence-corrected chi connectivity index (χ4v) is 4.42. The van der Waals surface area contributed by atoms with Crippen molar-refractivity contribution >= 4 is 15.9 Å². The molecule has 2 heterocycles. The van der Waals surface area contributed by atoms with Crippen LogP contribution < -0.4 is 9.47 Å². The van der Waals surface area contributed by atoms with Crippen molar-refractivity contribution in [3.8, 4) is 22.6 Å². The van der Waals surface area contributed by atoms with Gasteiger partial charge in [0.1, 0.15) is 11.5 Å². The number of benzene rings is 2. The third-order valence-corrected chi connectivity index (χ3v) is 7.00. The number of hydrogen-bond donors (Lipinski definition) is 0. The molecule has 1 fully saturated rings. The number of piperidine rings is 1. The van der Waals surface area contributed by atoms with Crippen molar-refractivity contribution in [2.45, 2.75) is 30.4 Å². The topological polar surface area (TPSA) is 95.0 Å². The van der Waals surface area contributed by atoms with E-state index < -0.39 is 9.84 Å². The van der Waals surface area contributed by atoms with Crippen LogP contribution in [-0.4, -0.2) is 57.0 Å². The molecule has 0 spiro atoms. The monoisotopic (exact) mass is 496 g/mol. The van der Waals surface area contributed by atoms with Gasteiger partial charge in [-0.05, 0) is 60.9 Å². The minimum Gasteiger partial charge on any atom is -0.497 e. The van der Waals surface area contributed by atoms with E-state index in [1.54, 1.807) is 66.7 Å². The number of likely N-dealkylation sites (tertiary alicyclic amines) is 1. The van der Waals surface area contributed by atoms with Gasteiger partial charge in [-0.25, -0.2) is 13.2 Å². The van der Waals surface area contributed by atoms with Crippen LogP contribution in [0.15, 0.2) is 71.8 Å². The Hall–Kier alpha value is -3.43. The molecule has 1 aliphatic heterocycles. The normalized spacial score (nSPS) is 14.5. The van der Waals surface area contributed by atoms with E-state index in [1.165, 1.54) is 6.26 Å². The first-order chi connectivity index (χ1) is 16.8. The number of amides is 1. The minimum atomic E-state index is -3.22. The van der Waals surface area contributed by atoms with Gasteiger partial charge in [-0.2, -0.15) is 0 Å². The van der Waals surface area contributed by atoms with Gasteiger partial charge in [0.05, 0.1) is 30.4 Å². The van der Waals surface area contributed by atoms with Gasteiger partial charge in [0, 0.05) is 31.1 Å². The van der Waals surface area contributed by atoms with Crippen LogP contribution >= 0.6 is 0 Å². The van der Waals surface area contributed by atoms with Crippen molar-refractivity contribution < 1.29 is 27.4 Å². The average Bonchev–Trinajstić information content (AvgIpc) is 2.88. The summed E-state index contributed by atoms with van der Waals surface area (Å²) in [5.74, 6) is 1.19. The van der Waals surface area contributed by atoms with Crippen molar-refractivity contribution in [2.24, 2.45) is 0 Å². The molecule has 0 unspecified atom stereocenters. The Labute approximate surface area is 205 Å². The van der Waals surface area contributed by atoms with E-state index in [1.807, 2.05) is 12.1 Å². The molecule has 1 aliphatic rings. The lowest BCUT2D eigenvalue weighted by atomic mass is 10.1. The maximum Gasteiger partial charge on any atom is 0.415 e. The van der Waals surface area contributed by atoms with Gasteiger partial charge in [0.15, 0.2) is 9.84 Å². The predicted molar refractivity (Wildman–Crippen MR) is 131 cm³/mol. The van der Waals surface area contributed by atoms with Gasteiger partial charge < -0.3 is 19.1 Å². The molecule has 0 atom stereocenters. The van der Waals surface area contributed by atoms with Crippen molar-refractivity contribution in [2.75, 3.05) is 26.5 Å². The highest BCUT2D eigenvalue weighted by Gasteiger charge is 2.24. The molecule has 35 heavy (non-hydrogen) atoms. The van der Waals surface area contributed by atoms with Gasteiger partial charge in [0.25, 0.3) is 0 Å². The van der Waals surface area contributed by atoms with E-state index in [0.29, 0.717) is 36.1 Å². The number of hydrogen-bond acceptors (Lipinski definition) is 7. The summed E-state index contributed by atoms with van der Waals surface area (Å²) in [6, 6.07) is 17.5. The molecule has 1 aromatic heterocycles. The second-order valence-electron chi connectivity index (χ2n) is 8.38. The van der Waals surface area contributed by atoms with Crippen LogP contribution in [0.2, 0.25) is 0 Å².